The molecule has 1 heterocycles. The van der Waals surface area contributed by atoms with E-state index in [1.165, 1.54) is 11.3 Å². The van der Waals surface area contributed by atoms with Crippen molar-refractivity contribution in [3.63, 3.8) is 0 Å². The molecule has 0 radical (unpaired) electrons. The first kappa shape index (κ1) is 14.4. The van der Waals surface area contributed by atoms with Crippen molar-refractivity contribution in [2.45, 2.75) is 32.7 Å². The topological polar surface area (TPSA) is 15.3 Å². The van der Waals surface area contributed by atoms with E-state index in [0.29, 0.717) is 6.04 Å². The first-order chi connectivity index (χ1) is 9.22. The molecule has 2 rings (SSSR count). The van der Waals surface area contributed by atoms with Gasteiger partial charge < -0.3 is 10.2 Å². The minimum Gasteiger partial charge on any atom is -0.367 e. The summed E-state index contributed by atoms with van der Waals surface area (Å²) in [4.78, 5) is 2.36. The number of rotatable bonds is 5. The lowest BCUT2D eigenvalue weighted by Crippen LogP contribution is -2.26. The Morgan fingerprint density at radius 2 is 2.21 bits per heavy atom. The van der Waals surface area contributed by atoms with Crippen LogP contribution in [0.3, 0.4) is 0 Å². The summed E-state index contributed by atoms with van der Waals surface area (Å²) < 4.78 is 0. The summed E-state index contributed by atoms with van der Waals surface area (Å²) in [5, 5.41) is 4.34. The second-order valence-corrected chi connectivity index (χ2v) is 5.49. The fraction of sp³-hybridized carbons (Fsp3) is 0.500. The van der Waals surface area contributed by atoms with Gasteiger partial charge in [0.1, 0.15) is 0 Å². The maximum atomic E-state index is 6.44. The second-order valence-electron chi connectivity index (χ2n) is 5.09. The Morgan fingerprint density at radius 1 is 1.37 bits per heavy atom. The molecule has 1 aromatic carbocycles. The predicted molar refractivity (Wildman–Crippen MR) is 84.1 cm³/mol. The minimum absolute atomic E-state index is 0.308. The van der Waals surface area contributed by atoms with Crippen molar-refractivity contribution in [2.24, 2.45) is 0 Å². The molecule has 0 spiro atoms. The fourth-order valence-electron chi connectivity index (χ4n) is 2.41. The van der Waals surface area contributed by atoms with Crippen molar-refractivity contribution in [3.05, 3.63) is 40.9 Å². The van der Waals surface area contributed by atoms with Crippen LogP contribution < -0.4 is 10.2 Å². The second kappa shape index (κ2) is 6.97. The summed E-state index contributed by atoms with van der Waals surface area (Å²) in [6, 6.07) is 6.75. The molecule has 1 aliphatic heterocycles. The Kier molecular flexibility index (Phi) is 5.29. The van der Waals surface area contributed by atoms with Gasteiger partial charge in [0.25, 0.3) is 0 Å². The zero-order chi connectivity index (χ0) is 13.7. The lowest BCUT2D eigenvalue weighted by molar-refractivity contribution is 0.571. The average Bonchev–Trinajstić information content (AvgIpc) is 2.45. The Morgan fingerprint density at radius 3 is 2.84 bits per heavy atom. The predicted octanol–water partition coefficient (Wildman–Crippen LogP) is 4.17. The maximum absolute atomic E-state index is 6.44. The molecule has 0 aliphatic carbocycles. The number of halogens is 1. The highest BCUT2D eigenvalue weighted by molar-refractivity contribution is 6.31. The Bertz CT molecular complexity index is 442. The normalized spacial score (nSPS) is 16.7. The molecule has 1 aliphatic rings. The summed E-state index contributed by atoms with van der Waals surface area (Å²) in [7, 11) is 0. The summed E-state index contributed by atoms with van der Waals surface area (Å²) in [5.74, 6) is 0. The van der Waals surface area contributed by atoms with Crippen molar-refractivity contribution in [3.8, 4) is 0 Å². The molecule has 1 atom stereocenters. The van der Waals surface area contributed by atoms with Crippen LogP contribution in [-0.2, 0) is 0 Å². The molecule has 0 amide bonds. The van der Waals surface area contributed by atoms with Crippen LogP contribution in [0.2, 0.25) is 5.02 Å². The SMILES string of the molecule is CCCNC(C)c1ccc(N2CC=CCC2)cc1Cl. The number of anilines is 1. The van der Waals surface area contributed by atoms with E-state index in [1.807, 2.05) is 0 Å². The smallest absolute Gasteiger partial charge is 0.0474 e. The van der Waals surface area contributed by atoms with Crippen LogP contribution in [0.1, 0.15) is 38.3 Å². The Labute approximate surface area is 121 Å². The average molecular weight is 279 g/mol. The molecule has 1 unspecified atom stereocenters. The molecule has 19 heavy (non-hydrogen) atoms. The van der Waals surface area contributed by atoms with E-state index in [2.05, 4.69) is 54.4 Å². The summed E-state index contributed by atoms with van der Waals surface area (Å²) in [6.07, 6.45) is 6.72. The number of nitrogens with zero attached hydrogens (tertiary/aromatic N) is 1. The molecule has 104 valence electrons. The standard InChI is InChI=1S/C16H23ClN2/c1-3-9-18-13(2)15-8-7-14(12-16(15)17)19-10-5-4-6-11-19/h4-5,7-8,12-13,18H,3,6,9-11H2,1-2H3. The van der Waals surface area contributed by atoms with Crippen molar-refractivity contribution < 1.29 is 0 Å². The molecule has 0 saturated heterocycles. The summed E-state index contributed by atoms with van der Waals surface area (Å²) in [5.41, 5.74) is 2.41. The van der Waals surface area contributed by atoms with Crippen LogP contribution in [0.15, 0.2) is 30.4 Å². The van der Waals surface area contributed by atoms with Gasteiger partial charge in [-0.15, -0.1) is 0 Å². The van der Waals surface area contributed by atoms with Gasteiger partial charge in [-0.1, -0.05) is 36.7 Å². The third-order valence-electron chi connectivity index (χ3n) is 3.57. The molecule has 0 fully saturated rings. The van der Waals surface area contributed by atoms with Gasteiger partial charge in [-0.25, -0.2) is 0 Å². The molecule has 1 aromatic rings. The largest absolute Gasteiger partial charge is 0.367 e. The van der Waals surface area contributed by atoms with Crippen LogP contribution in [0, 0.1) is 0 Å². The number of hydrogen-bond acceptors (Lipinski definition) is 2. The molecule has 0 saturated carbocycles. The lowest BCUT2D eigenvalue weighted by atomic mass is 10.1. The Hall–Kier alpha value is -0.990. The van der Waals surface area contributed by atoms with Crippen LogP contribution in [-0.4, -0.2) is 19.6 Å². The first-order valence-corrected chi connectivity index (χ1v) is 7.53. The minimum atomic E-state index is 0.308. The van der Waals surface area contributed by atoms with Gasteiger partial charge in [0.05, 0.1) is 0 Å². The number of nitrogens with one attached hydrogen (secondary N) is 1. The van der Waals surface area contributed by atoms with Crippen LogP contribution in [0.5, 0.6) is 0 Å². The van der Waals surface area contributed by atoms with Gasteiger partial charge in [-0.3, -0.25) is 0 Å². The van der Waals surface area contributed by atoms with Crippen LogP contribution in [0.4, 0.5) is 5.69 Å². The highest BCUT2D eigenvalue weighted by Gasteiger charge is 2.12. The van der Waals surface area contributed by atoms with E-state index in [1.54, 1.807) is 0 Å². The van der Waals surface area contributed by atoms with E-state index in [4.69, 9.17) is 11.6 Å². The highest BCUT2D eigenvalue weighted by atomic mass is 35.5. The molecule has 3 heteroatoms. The van der Waals surface area contributed by atoms with E-state index in [9.17, 15) is 0 Å². The molecular weight excluding hydrogens is 256 g/mol. The van der Waals surface area contributed by atoms with Crippen LogP contribution >= 0.6 is 11.6 Å². The summed E-state index contributed by atoms with van der Waals surface area (Å²) >= 11 is 6.44. The van der Waals surface area contributed by atoms with Gasteiger partial charge in [-0.2, -0.15) is 0 Å². The van der Waals surface area contributed by atoms with Crippen LogP contribution in [0.25, 0.3) is 0 Å². The van der Waals surface area contributed by atoms with E-state index < -0.39 is 0 Å². The molecular formula is C16H23ClN2. The van der Waals surface area contributed by atoms with Gasteiger partial charge in [0.2, 0.25) is 0 Å². The third-order valence-corrected chi connectivity index (χ3v) is 3.90. The maximum Gasteiger partial charge on any atom is 0.0474 e. The highest BCUT2D eigenvalue weighted by Crippen LogP contribution is 2.28. The van der Waals surface area contributed by atoms with Gasteiger partial charge in [-0.05, 0) is 44.0 Å². The van der Waals surface area contributed by atoms with Gasteiger partial charge >= 0.3 is 0 Å². The zero-order valence-electron chi connectivity index (χ0n) is 11.8. The number of hydrogen-bond donors (Lipinski definition) is 1. The lowest BCUT2D eigenvalue weighted by Gasteiger charge is -2.26. The molecule has 1 N–H and O–H groups in total. The van der Waals surface area contributed by atoms with Crippen molar-refractivity contribution in [2.75, 3.05) is 24.5 Å². The first-order valence-electron chi connectivity index (χ1n) is 7.15. The van der Waals surface area contributed by atoms with E-state index in [0.717, 1.165) is 37.5 Å². The zero-order valence-corrected chi connectivity index (χ0v) is 12.6. The van der Waals surface area contributed by atoms with Crippen molar-refractivity contribution in [1.29, 1.82) is 0 Å². The Balaban J connectivity index is 2.10. The third kappa shape index (κ3) is 3.74. The fourth-order valence-corrected chi connectivity index (χ4v) is 2.75. The van der Waals surface area contributed by atoms with Crippen molar-refractivity contribution >= 4 is 17.3 Å². The number of benzene rings is 1. The van der Waals surface area contributed by atoms with Crippen molar-refractivity contribution in [1.82, 2.24) is 5.32 Å². The van der Waals surface area contributed by atoms with E-state index >= 15 is 0 Å². The molecule has 2 nitrogen and oxygen atoms in total. The van der Waals surface area contributed by atoms with Gasteiger partial charge in [0, 0.05) is 29.8 Å². The monoisotopic (exact) mass is 278 g/mol. The molecule has 0 bridgehead atoms. The summed E-state index contributed by atoms with van der Waals surface area (Å²) in [6.45, 7) is 7.43. The van der Waals surface area contributed by atoms with E-state index in [-0.39, 0.29) is 0 Å². The quantitative estimate of drug-likeness (QED) is 0.814. The van der Waals surface area contributed by atoms with Gasteiger partial charge in [0.15, 0.2) is 0 Å². The molecule has 0 aromatic heterocycles.